The van der Waals surface area contributed by atoms with E-state index >= 15 is 0 Å². The van der Waals surface area contributed by atoms with Gasteiger partial charge >= 0.3 is 28.8 Å². The molecule has 1 rings (SSSR count). The maximum atomic E-state index is 9.83. The molecule has 86 valence electrons. The average molecular weight is 254 g/mol. The first-order valence-electron chi connectivity index (χ1n) is 4.88. The van der Waals surface area contributed by atoms with Crippen LogP contribution >= 0.6 is 0 Å². The summed E-state index contributed by atoms with van der Waals surface area (Å²) in [6, 6.07) is 0. The fourth-order valence-electron chi connectivity index (χ4n) is 1.83. The molecular weight excluding hydrogens is 237 g/mol. The second-order valence-electron chi connectivity index (χ2n) is 3.55. The van der Waals surface area contributed by atoms with Gasteiger partial charge in [-0.3, -0.25) is 0 Å². The van der Waals surface area contributed by atoms with Crippen molar-refractivity contribution in [2.75, 3.05) is 0 Å². The van der Waals surface area contributed by atoms with Crippen LogP contribution in [0, 0.1) is 5.92 Å². The molecule has 0 amide bonds. The van der Waals surface area contributed by atoms with E-state index in [0.29, 0.717) is 0 Å². The topological polar surface area (TPSA) is 0 Å². The molecule has 0 aromatic heterocycles. The number of allylic oxidation sites excluding steroid dienone is 4. The maximum absolute atomic E-state index is 9.83. The number of hydrogen-bond donors (Lipinski definition) is 0. The van der Waals surface area contributed by atoms with Crippen LogP contribution in [-0.4, -0.2) is 0 Å². The zero-order chi connectivity index (χ0) is 12.2. The summed E-state index contributed by atoms with van der Waals surface area (Å²) in [5, 5.41) is 0. The Hall–Kier alpha value is -0.0157. The fraction of sp³-hybridized carbons (Fsp3) is 0.545. The van der Waals surface area contributed by atoms with Gasteiger partial charge in [-0.1, -0.05) is 18.1 Å². The van der Waals surface area contributed by atoms with Crippen LogP contribution in [0.3, 0.4) is 0 Å². The van der Waals surface area contributed by atoms with Gasteiger partial charge in [-0.2, -0.15) is 0 Å². The van der Waals surface area contributed by atoms with Crippen LogP contribution < -0.4 is 0 Å². The minimum absolute atomic E-state index is 1.17. The fourth-order valence-corrected chi connectivity index (χ4v) is 1.83. The van der Waals surface area contributed by atoms with E-state index in [1.807, 2.05) is 0 Å². The quantitative estimate of drug-likeness (QED) is 0.583. The molecule has 1 aliphatic rings. The summed E-state index contributed by atoms with van der Waals surface area (Å²) in [7, 11) is 0. The van der Waals surface area contributed by atoms with E-state index in [0.717, 1.165) is 0 Å². The van der Waals surface area contributed by atoms with Gasteiger partial charge in [0.1, 0.15) is 0 Å². The van der Waals surface area contributed by atoms with Crippen LogP contribution in [0.25, 0.3) is 0 Å². The monoisotopic (exact) mass is 254 g/mol. The number of rotatable bonds is 1. The van der Waals surface area contributed by atoms with E-state index in [2.05, 4.69) is 34.6 Å². The summed E-state index contributed by atoms with van der Waals surface area (Å²) in [5.74, 6) is 1.56. The van der Waals surface area contributed by atoms with Crippen LogP contribution in [0.15, 0.2) is 22.3 Å². The second kappa shape index (κ2) is 6.54. The zero-order valence-corrected chi connectivity index (χ0v) is 11.4. The van der Waals surface area contributed by atoms with Gasteiger partial charge in [-0.05, 0) is 45.3 Å². The summed E-state index contributed by atoms with van der Waals surface area (Å²) in [4.78, 5) is 0. The normalized spacial score (nSPS) is 16.8. The first kappa shape index (κ1) is 15.0. The van der Waals surface area contributed by atoms with Crippen molar-refractivity contribution in [3.05, 3.63) is 28.2 Å². The zero-order valence-electron chi connectivity index (χ0n) is 9.84. The van der Waals surface area contributed by atoms with E-state index < -0.39 is 19.5 Å². The van der Waals surface area contributed by atoms with Crippen molar-refractivity contribution in [3.63, 3.8) is 0 Å². The molecule has 0 saturated heterocycles. The molecule has 0 N–H and O–H groups in total. The Bertz CT molecular complexity index is 253. The Labute approximate surface area is 98.1 Å². The van der Waals surface area contributed by atoms with Gasteiger partial charge in [0, 0.05) is 5.92 Å². The van der Waals surface area contributed by atoms with Crippen molar-refractivity contribution < 1.29 is 28.8 Å². The van der Waals surface area contributed by atoms with Crippen LogP contribution in [-0.2, 0) is 19.5 Å². The Morgan fingerprint density at radius 2 is 1.07 bits per heavy atom. The SMILES string of the molecule is CC[C]1C(C)=C(C)C(C)=C1C.[F][Ti]([F])[F]. The van der Waals surface area contributed by atoms with E-state index in [1.165, 1.54) is 28.7 Å². The van der Waals surface area contributed by atoms with Crippen molar-refractivity contribution in [3.8, 4) is 0 Å². The summed E-state index contributed by atoms with van der Waals surface area (Å²) < 4.78 is 29.5. The standard InChI is InChI=1S/C11H17.3FH.Ti/c1-6-11-9(4)7(2)8(3)10(11)5;;;;/h6H2,1-5H3;3*1H;/q;;;;+3/p-3. The van der Waals surface area contributed by atoms with Gasteiger partial charge in [0.25, 0.3) is 0 Å². The molecule has 1 aliphatic carbocycles. The van der Waals surface area contributed by atoms with Crippen LogP contribution in [0.5, 0.6) is 0 Å². The molecule has 0 fully saturated rings. The Morgan fingerprint density at radius 3 is 1.20 bits per heavy atom. The molecule has 0 heterocycles. The molecule has 1 radical (unpaired) electrons. The summed E-state index contributed by atoms with van der Waals surface area (Å²) >= 11 is -4.83. The molecule has 15 heavy (non-hydrogen) atoms. The average Bonchev–Trinajstić information content (AvgIpc) is 2.30. The van der Waals surface area contributed by atoms with Crippen molar-refractivity contribution in [1.82, 2.24) is 0 Å². The predicted octanol–water partition coefficient (Wildman–Crippen LogP) is 4.92. The van der Waals surface area contributed by atoms with Gasteiger partial charge < -0.3 is 0 Å². The van der Waals surface area contributed by atoms with Gasteiger partial charge in [-0.25, -0.2) is 0 Å². The number of halogens is 3. The Morgan fingerprint density at radius 1 is 0.800 bits per heavy atom. The summed E-state index contributed by atoms with van der Waals surface area (Å²) in [5.41, 5.74) is 5.98. The Balaban J connectivity index is 0.000000423. The van der Waals surface area contributed by atoms with Gasteiger partial charge in [-0.15, -0.1) is 0 Å². The van der Waals surface area contributed by atoms with Crippen LogP contribution in [0.4, 0.5) is 9.28 Å². The molecule has 0 saturated carbocycles. The Kier molecular flexibility index (Phi) is 6.53. The van der Waals surface area contributed by atoms with Crippen molar-refractivity contribution >= 4 is 0 Å². The molecule has 0 aliphatic heterocycles. The van der Waals surface area contributed by atoms with Crippen molar-refractivity contribution in [1.29, 1.82) is 0 Å². The molecule has 0 spiro atoms. The van der Waals surface area contributed by atoms with Crippen molar-refractivity contribution in [2.24, 2.45) is 0 Å². The van der Waals surface area contributed by atoms with Gasteiger partial charge in [0.2, 0.25) is 0 Å². The molecule has 0 nitrogen and oxygen atoms in total. The molecule has 0 aromatic carbocycles. The molecule has 0 bridgehead atoms. The van der Waals surface area contributed by atoms with E-state index in [4.69, 9.17) is 0 Å². The summed E-state index contributed by atoms with van der Waals surface area (Å²) in [6.07, 6.45) is 1.17. The molecule has 4 heteroatoms. The molecule has 0 unspecified atom stereocenters. The van der Waals surface area contributed by atoms with Crippen molar-refractivity contribution in [2.45, 2.75) is 41.0 Å². The minimum atomic E-state index is -4.83. The third kappa shape index (κ3) is 4.16. The second-order valence-corrected chi connectivity index (χ2v) is 4.22. The molecule has 0 aromatic rings. The van der Waals surface area contributed by atoms with Crippen LogP contribution in [0.1, 0.15) is 41.0 Å². The number of hydrogen-bond acceptors (Lipinski definition) is 0. The van der Waals surface area contributed by atoms with E-state index in [-0.39, 0.29) is 0 Å². The van der Waals surface area contributed by atoms with Gasteiger partial charge in [0.15, 0.2) is 0 Å². The molecular formula is C11H17F3Ti. The predicted molar refractivity (Wildman–Crippen MR) is 53.6 cm³/mol. The van der Waals surface area contributed by atoms with E-state index in [9.17, 15) is 9.28 Å². The van der Waals surface area contributed by atoms with Crippen LogP contribution in [0.2, 0.25) is 0 Å². The summed E-state index contributed by atoms with van der Waals surface area (Å²) in [6.45, 7) is 11.1. The third-order valence-electron chi connectivity index (χ3n) is 2.95. The van der Waals surface area contributed by atoms with Gasteiger partial charge in [0.05, 0.1) is 0 Å². The van der Waals surface area contributed by atoms with E-state index in [1.54, 1.807) is 5.92 Å². The molecule has 0 atom stereocenters. The third-order valence-corrected chi connectivity index (χ3v) is 2.95. The first-order valence-corrected chi connectivity index (χ1v) is 6.65. The first-order chi connectivity index (χ1) is 6.82.